The average molecular weight is 505 g/mol. The van der Waals surface area contributed by atoms with Gasteiger partial charge in [0.1, 0.15) is 5.65 Å². The molecule has 12 heteroatoms. The summed E-state index contributed by atoms with van der Waals surface area (Å²) in [5.41, 5.74) is 0.490. The molecule has 0 amide bonds. The molecule has 0 aliphatic carbocycles. The molecule has 0 fully saturated rings. The Hall–Kier alpha value is -4.06. The number of rotatable bonds is 6. The monoisotopic (exact) mass is 505 g/mol. The summed E-state index contributed by atoms with van der Waals surface area (Å²) in [5.74, 6) is 0.0555. The molecule has 0 bridgehead atoms. The van der Waals surface area contributed by atoms with Gasteiger partial charge in [-0.25, -0.2) is 18.2 Å². The van der Waals surface area contributed by atoms with E-state index in [1.807, 2.05) is 0 Å². The molecule has 0 spiro atoms. The minimum atomic E-state index is -4.59. The smallest absolute Gasteiger partial charge is 0.434 e. The number of nitrogens with one attached hydrogen (secondary N) is 2. The van der Waals surface area contributed by atoms with Crippen molar-refractivity contribution in [3.05, 3.63) is 72.4 Å². The zero-order chi connectivity index (χ0) is 25.2. The normalized spacial score (nSPS) is 11.9. The number of aromatic amines is 1. The Bertz CT molecular complexity index is 1470. The SMILES string of the molecule is CCOC(=O)Oc1[nH]c2ncc(NS(=O)(=O)c3ccc(C(F)(F)F)cc3)cc2c1-c1ccccc1. The van der Waals surface area contributed by atoms with Crippen molar-refractivity contribution in [1.82, 2.24) is 9.97 Å². The van der Waals surface area contributed by atoms with Gasteiger partial charge in [0.25, 0.3) is 10.0 Å². The Morgan fingerprint density at radius 3 is 2.40 bits per heavy atom. The van der Waals surface area contributed by atoms with Gasteiger partial charge in [0, 0.05) is 5.39 Å². The van der Waals surface area contributed by atoms with Crippen LogP contribution in [0.1, 0.15) is 12.5 Å². The van der Waals surface area contributed by atoms with Gasteiger partial charge in [0.15, 0.2) is 0 Å². The van der Waals surface area contributed by atoms with Crippen LogP contribution >= 0.6 is 0 Å². The minimum Gasteiger partial charge on any atom is -0.434 e. The van der Waals surface area contributed by atoms with E-state index in [0.717, 1.165) is 12.1 Å². The molecule has 4 rings (SSSR count). The van der Waals surface area contributed by atoms with Crippen molar-refractivity contribution in [2.24, 2.45) is 0 Å². The molecule has 182 valence electrons. The van der Waals surface area contributed by atoms with E-state index in [1.165, 1.54) is 12.3 Å². The third-order valence-electron chi connectivity index (χ3n) is 4.87. The molecular weight excluding hydrogens is 487 g/mol. The highest BCUT2D eigenvalue weighted by Crippen LogP contribution is 2.38. The molecule has 35 heavy (non-hydrogen) atoms. The molecule has 4 aromatic rings. The van der Waals surface area contributed by atoms with Crippen LogP contribution < -0.4 is 9.46 Å². The highest BCUT2D eigenvalue weighted by molar-refractivity contribution is 7.92. The summed E-state index contributed by atoms with van der Waals surface area (Å²) in [7, 11) is -4.21. The van der Waals surface area contributed by atoms with Crippen molar-refractivity contribution in [3.8, 4) is 17.0 Å². The molecule has 8 nitrogen and oxygen atoms in total. The highest BCUT2D eigenvalue weighted by atomic mass is 32.2. The van der Waals surface area contributed by atoms with Crippen molar-refractivity contribution in [2.75, 3.05) is 11.3 Å². The first kappa shape index (κ1) is 24.1. The van der Waals surface area contributed by atoms with Crippen LogP contribution in [-0.2, 0) is 20.9 Å². The number of aromatic nitrogens is 2. The first-order valence-electron chi connectivity index (χ1n) is 10.2. The predicted molar refractivity (Wildman–Crippen MR) is 121 cm³/mol. The van der Waals surface area contributed by atoms with E-state index < -0.39 is 27.9 Å². The molecule has 0 radical (unpaired) electrons. The van der Waals surface area contributed by atoms with Gasteiger partial charge in [0.05, 0.1) is 34.5 Å². The average Bonchev–Trinajstić information content (AvgIpc) is 3.16. The fourth-order valence-corrected chi connectivity index (χ4v) is 4.37. The number of ether oxygens (including phenoxy) is 2. The number of halogens is 3. The highest BCUT2D eigenvalue weighted by Gasteiger charge is 2.30. The Kier molecular flexibility index (Phi) is 6.39. The van der Waals surface area contributed by atoms with Crippen LogP contribution in [0.4, 0.5) is 23.7 Å². The summed E-state index contributed by atoms with van der Waals surface area (Å²) in [6, 6.07) is 13.5. The Balaban J connectivity index is 1.72. The fraction of sp³-hybridized carbons (Fsp3) is 0.130. The summed E-state index contributed by atoms with van der Waals surface area (Å²) in [4.78, 5) is 18.6. The predicted octanol–water partition coefficient (Wildman–Crippen LogP) is 5.58. The lowest BCUT2D eigenvalue weighted by Crippen LogP contribution is -2.14. The van der Waals surface area contributed by atoms with E-state index in [-0.39, 0.29) is 23.1 Å². The van der Waals surface area contributed by atoms with Crippen molar-refractivity contribution in [3.63, 3.8) is 0 Å². The number of hydrogen-bond donors (Lipinski definition) is 2. The maximum absolute atomic E-state index is 12.8. The zero-order valence-electron chi connectivity index (χ0n) is 18.1. The quantitative estimate of drug-likeness (QED) is 0.331. The summed E-state index contributed by atoms with van der Waals surface area (Å²) in [6.07, 6.45) is -4.29. The topological polar surface area (TPSA) is 110 Å². The molecule has 0 saturated heterocycles. The van der Waals surface area contributed by atoms with Crippen LogP contribution in [0.5, 0.6) is 5.88 Å². The van der Waals surface area contributed by atoms with E-state index in [9.17, 15) is 26.4 Å². The van der Waals surface area contributed by atoms with Gasteiger partial charge in [-0.05, 0) is 42.8 Å². The van der Waals surface area contributed by atoms with Crippen LogP contribution in [0, 0.1) is 0 Å². The Morgan fingerprint density at radius 2 is 1.77 bits per heavy atom. The number of sulfonamides is 1. The molecule has 2 N–H and O–H groups in total. The van der Waals surface area contributed by atoms with Gasteiger partial charge in [-0.15, -0.1) is 0 Å². The Morgan fingerprint density at radius 1 is 1.09 bits per heavy atom. The lowest BCUT2D eigenvalue weighted by atomic mass is 10.1. The van der Waals surface area contributed by atoms with E-state index in [0.29, 0.717) is 34.3 Å². The van der Waals surface area contributed by atoms with Gasteiger partial charge in [-0.2, -0.15) is 13.2 Å². The summed E-state index contributed by atoms with van der Waals surface area (Å²) in [5, 5.41) is 0.433. The van der Waals surface area contributed by atoms with Crippen LogP contribution in [0.3, 0.4) is 0 Å². The largest absolute Gasteiger partial charge is 0.515 e. The van der Waals surface area contributed by atoms with Gasteiger partial charge in [-0.1, -0.05) is 30.3 Å². The molecule has 0 aliphatic rings. The third-order valence-corrected chi connectivity index (χ3v) is 6.27. The van der Waals surface area contributed by atoms with Gasteiger partial charge in [0.2, 0.25) is 5.88 Å². The summed E-state index contributed by atoms with van der Waals surface area (Å²) < 4.78 is 76.4. The Labute approximate surface area is 197 Å². The van der Waals surface area contributed by atoms with Gasteiger partial charge >= 0.3 is 12.3 Å². The van der Waals surface area contributed by atoms with Crippen LogP contribution in [0.2, 0.25) is 0 Å². The molecule has 0 aliphatic heterocycles. The number of carbonyl (C=O) groups excluding carboxylic acids is 1. The second kappa shape index (κ2) is 9.29. The minimum absolute atomic E-state index is 0.0521. The molecule has 0 unspecified atom stereocenters. The molecule has 2 aromatic carbocycles. The maximum atomic E-state index is 12.8. The number of pyridine rings is 1. The lowest BCUT2D eigenvalue weighted by molar-refractivity contribution is -0.137. The number of nitrogens with zero attached hydrogens (tertiary/aromatic N) is 1. The number of hydrogen-bond acceptors (Lipinski definition) is 6. The molecule has 0 atom stereocenters. The number of alkyl halides is 3. The second-order valence-corrected chi connectivity index (χ2v) is 8.91. The van der Waals surface area contributed by atoms with Crippen molar-refractivity contribution >= 4 is 32.9 Å². The number of carbonyl (C=O) groups is 1. The molecule has 2 heterocycles. The van der Waals surface area contributed by atoms with Crippen LogP contribution in [-0.4, -0.2) is 31.1 Å². The third kappa shape index (κ3) is 5.22. The van der Waals surface area contributed by atoms with Crippen molar-refractivity contribution in [1.29, 1.82) is 0 Å². The van der Waals surface area contributed by atoms with Gasteiger partial charge in [-0.3, -0.25) is 4.72 Å². The van der Waals surface area contributed by atoms with Crippen LogP contribution in [0.25, 0.3) is 22.2 Å². The van der Waals surface area contributed by atoms with Crippen molar-refractivity contribution < 1.29 is 35.9 Å². The molecular formula is C23H18F3N3O5S. The van der Waals surface area contributed by atoms with Crippen LogP contribution in [0.15, 0.2) is 71.8 Å². The number of anilines is 1. The molecule has 2 aromatic heterocycles. The zero-order valence-corrected chi connectivity index (χ0v) is 18.9. The van der Waals surface area contributed by atoms with E-state index >= 15 is 0 Å². The number of H-pyrrole nitrogens is 1. The first-order valence-corrected chi connectivity index (χ1v) is 11.7. The lowest BCUT2D eigenvalue weighted by Gasteiger charge is -2.10. The number of benzene rings is 2. The second-order valence-electron chi connectivity index (χ2n) is 7.23. The molecule has 0 saturated carbocycles. The summed E-state index contributed by atoms with van der Waals surface area (Å²) >= 11 is 0. The first-order chi connectivity index (χ1) is 16.6. The van der Waals surface area contributed by atoms with E-state index in [4.69, 9.17) is 9.47 Å². The fourth-order valence-electron chi connectivity index (χ4n) is 3.34. The maximum Gasteiger partial charge on any atom is 0.515 e. The standard InChI is InChI=1S/C23H18F3N3O5S/c1-2-33-22(30)34-21-19(14-6-4-3-5-7-14)18-12-16(13-27-20(18)28-21)29-35(31,32)17-10-8-15(9-11-17)23(24,25)26/h3-13,29H,2H2,1H3,(H,27,28). The summed E-state index contributed by atoms with van der Waals surface area (Å²) in [6.45, 7) is 1.73. The number of fused-ring (bicyclic) bond motifs is 1. The van der Waals surface area contributed by atoms with E-state index in [2.05, 4.69) is 14.7 Å². The van der Waals surface area contributed by atoms with E-state index in [1.54, 1.807) is 37.3 Å². The van der Waals surface area contributed by atoms with Gasteiger partial charge < -0.3 is 14.5 Å². The van der Waals surface area contributed by atoms with Crippen molar-refractivity contribution in [2.45, 2.75) is 18.0 Å².